The van der Waals surface area contributed by atoms with Crippen molar-refractivity contribution < 1.29 is 13.2 Å². The molecule has 4 aromatic rings. The zero-order valence-electron chi connectivity index (χ0n) is 16.5. The number of aryl methyl sites for hydroxylation is 1. The van der Waals surface area contributed by atoms with Gasteiger partial charge in [-0.2, -0.15) is 0 Å². The van der Waals surface area contributed by atoms with Gasteiger partial charge in [0.15, 0.2) is 17.5 Å². The van der Waals surface area contributed by atoms with E-state index in [-0.39, 0.29) is 10.8 Å². The first-order chi connectivity index (χ1) is 14.5. The van der Waals surface area contributed by atoms with Crippen molar-refractivity contribution in [1.82, 2.24) is 0 Å². The Labute approximate surface area is 174 Å². The summed E-state index contributed by atoms with van der Waals surface area (Å²) in [5.41, 5.74) is 5.03. The lowest BCUT2D eigenvalue weighted by atomic mass is 10.0. The molecule has 0 fully saturated rings. The van der Waals surface area contributed by atoms with E-state index in [2.05, 4.69) is 43.0 Å². The summed E-state index contributed by atoms with van der Waals surface area (Å²) in [6.45, 7) is 2.17. The lowest BCUT2D eigenvalue weighted by Crippen LogP contribution is -1.92. The molecule has 3 heteroatoms. The minimum Gasteiger partial charge on any atom is -0.204 e. The second-order valence-electron chi connectivity index (χ2n) is 7.20. The first-order valence-electron chi connectivity index (χ1n) is 9.84. The Morgan fingerprint density at radius 2 is 1.27 bits per heavy atom. The minimum atomic E-state index is -1.46. The fourth-order valence-electron chi connectivity index (χ4n) is 3.43. The molecule has 0 N–H and O–H groups in total. The van der Waals surface area contributed by atoms with Gasteiger partial charge in [0.05, 0.1) is 0 Å². The van der Waals surface area contributed by atoms with Gasteiger partial charge in [0, 0.05) is 16.5 Å². The molecule has 0 atom stereocenters. The van der Waals surface area contributed by atoms with Crippen molar-refractivity contribution in [3.8, 4) is 23.0 Å². The van der Waals surface area contributed by atoms with Gasteiger partial charge in [-0.15, -0.1) is 0 Å². The Kier molecular flexibility index (Phi) is 5.59. The van der Waals surface area contributed by atoms with Crippen LogP contribution in [-0.2, 0) is 6.42 Å². The van der Waals surface area contributed by atoms with Crippen LogP contribution in [0.15, 0.2) is 72.8 Å². The van der Waals surface area contributed by atoms with Gasteiger partial charge in [-0.1, -0.05) is 67.6 Å². The summed E-state index contributed by atoms with van der Waals surface area (Å²) >= 11 is 0. The summed E-state index contributed by atoms with van der Waals surface area (Å²) in [5, 5.41) is 0.314. The smallest absolute Gasteiger partial charge is 0.195 e. The van der Waals surface area contributed by atoms with Crippen LogP contribution in [0.4, 0.5) is 13.2 Å². The summed E-state index contributed by atoms with van der Waals surface area (Å²) in [4.78, 5) is 0. The van der Waals surface area contributed by atoms with E-state index in [0.717, 1.165) is 35.6 Å². The maximum Gasteiger partial charge on any atom is 0.195 e. The molecular formula is C27H19F3. The van der Waals surface area contributed by atoms with E-state index >= 15 is 0 Å². The first-order valence-corrected chi connectivity index (χ1v) is 9.84. The zero-order chi connectivity index (χ0) is 21.1. The molecule has 0 radical (unpaired) electrons. The van der Waals surface area contributed by atoms with E-state index in [1.54, 1.807) is 12.1 Å². The molecule has 0 bridgehead atoms. The molecule has 0 aliphatic heterocycles. The predicted octanol–water partition coefficient (Wildman–Crippen LogP) is 7.28. The second-order valence-corrected chi connectivity index (χ2v) is 7.20. The summed E-state index contributed by atoms with van der Waals surface area (Å²) in [5.74, 6) is 2.22. The monoisotopic (exact) mass is 400 g/mol. The van der Waals surface area contributed by atoms with Gasteiger partial charge in [0.25, 0.3) is 0 Å². The zero-order valence-corrected chi connectivity index (χ0v) is 16.5. The lowest BCUT2D eigenvalue weighted by molar-refractivity contribution is 0.453. The van der Waals surface area contributed by atoms with Gasteiger partial charge in [-0.25, -0.2) is 13.2 Å². The molecule has 0 saturated heterocycles. The summed E-state index contributed by atoms with van der Waals surface area (Å²) in [6.07, 6.45) is 2.21. The van der Waals surface area contributed by atoms with Crippen molar-refractivity contribution in [1.29, 1.82) is 0 Å². The molecule has 30 heavy (non-hydrogen) atoms. The van der Waals surface area contributed by atoms with Crippen LogP contribution in [0.2, 0.25) is 0 Å². The Hall–Kier alpha value is -3.51. The first kappa shape index (κ1) is 19.8. The highest BCUT2D eigenvalue weighted by atomic mass is 19.2. The molecule has 0 aliphatic rings. The number of hydrogen-bond acceptors (Lipinski definition) is 0. The highest BCUT2D eigenvalue weighted by molar-refractivity contribution is 5.84. The van der Waals surface area contributed by atoms with Crippen LogP contribution >= 0.6 is 0 Å². The molecule has 4 rings (SSSR count). The van der Waals surface area contributed by atoms with Crippen molar-refractivity contribution in [2.24, 2.45) is 0 Å². The molecule has 0 nitrogen and oxygen atoms in total. The third-order valence-electron chi connectivity index (χ3n) is 5.03. The number of fused-ring (bicyclic) bond motifs is 1. The molecule has 148 valence electrons. The Balaban J connectivity index is 1.56. The highest BCUT2D eigenvalue weighted by Crippen LogP contribution is 2.24. The third-order valence-corrected chi connectivity index (χ3v) is 5.03. The maximum atomic E-state index is 13.8. The number of hydrogen-bond donors (Lipinski definition) is 0. The fourth-order valence-corrected chi connectivity index (χ4v) is 3.43. The normalized spacial score (nSPS) is 10.7. The van der Waals surface area contributed by atoms with Crippen LogP contribution in [0.5, 0.6) is 0 Å². The number of rotatable bonds is 3. The molecular weight excluding hydrogens is 381 g/mol. The highest BCUT2D eigenvalue weighted by Gasteiger charge is 2.13. The van der Waals surface area contributed by atoms with Gasteiger partial charge in [0.1, 0.15) is 0 Å². The molecule has 0 spiro atoms. The molecule has 0 unspecified atom stereocenters. The fraction of sp³-hybridized carbons (Fsp3) is 0.111. The molecule has 4 aromatic carbocycles. The number of benzene rings is 4. The van der Waals surface area contributed by atoms with Crippen LogP contribution in [-0.4, -0.2) is 0 Å². The van der Waals surface area contributed by atoms with E-state index in [9.17, 15) is 13.2 Å². The Morgan fingerprint density at radius 1 is 0.667 bits per heavy atom. The van der Waals surface area contributed by atoms with Crippen molar-refractivity contribution in [2.45, 2.75) is 19.8 Å². The summed E-state index contributed by atoms with van der Waals surface area (Å²) in [7, 11) is 0. The van der Waals surface area contributed by atoms with E-state index in [0.29, 0.717) is 5.56 Å². The van der Waals surface area contributed by atoms with Crippen molar-refractivity contribution in [3.63, 3.8) is 0 Å². The van der Waals surface area contributed by atoms with E-state index in [1.165, 1.54) is 11.6 Å². The molecule has 0 aromatic heterocycles. The average Bonchev–Trinajstić information content (AvgIpc) is 2.77. The van der Waals surface area contributed by atoms with Gasteiger partial charge >= 0.3 is 0 Å². The molecule has 0 saturated carbocycles. The number of halogens is 3. The standard InChI is InChI=1S/C27H19F3/c1-2-3-18-6-11-21(12-7-18)22-13-8-19(9-14-22)4-5-20-10-15-24-23(16-20)17-25(28)27(30)26(24)29/h6-17H,2-3H2,1H3. The maximum absolute atomic E-state index is 13.8. The van der Waals surface area contributed by atoms with Gasteiger partial charge in [-0.05, 0) is 58.8 Å². The summed E-state index contributed by atoms with van der Waals surface area (Å²) in [6, 6.07) is 22.1. The molecule has 0 aliphatic carbocycles. The Bertz CT molecular complexity index is 1260. The SMILES string of the molecule is CCCc1ccc(-c2ccc(C#Cc3ccc4c(F)c(F)c(F)cc4c3)cc2)cc1. The lowest BCUT2D eigenvalue weighted by Gasteiger charge is -2.04. The molecule has 0 amide bonds. The van der Waals surface area contributed by atoms with Crippen molar-refractivity contribution in [3.05, 3.63) is 107 Å². The van der Waals surface area contributed by atoms with Crippen LogP contribution in [0.3, 0.4) is 0 Å². The summed E-state index contributed by atoms with van der Waals surface area (Å²) < 4.78 is 40.7. The van der Waals surface area contributed by atoms with Gasteiger partial charge in [-0.3, -0.25) is 0 Å². The minimum absolute atomic E-state index is 0.0359. The topological polar surface area (TPSA) is 0 Å². The predicted molar refractivity (Wildman–Crippen MR) is 116 cm³/mol. The van der Waals surface area contributed by atoms with Crippen molar-refractivity contribution in [2.75, 3.05) is 0 Å². The average molecular weight is 400 g/mol. The van der Waals surface area contributed by atoms with E-state index < -0.39 is 17.5 Å². The van der Waals surface area contributed by atoms with Crippen LogP contribution in [0.1, 0.15) is 30.0 Å². The third kappa shape index (κ3) is 4.09. The van der Waals surface area contributed by atoms with E-state index in [4.69, 9.17) is 0 Å². The second kappa shape index (κ2) is 8.47. The van der Waals surface area contributed by atoms with Gasteiger partial charge < -0.3 is 0 Å². The van der Waals surface area contributed by atoms with Crippen LogP contribution < -0.4 is 0 Å². The largest absolute Gasteiger partial charge is 0.204 e. The Morgan fingerprint density at radius 3 is 1.93 bits per heavy atom. The van der Waals surface area contributed by atoms with Crippen LogP contribution in [0.25, 0.3) is 21.9 Å². The van der Waals surface area contributed by atoms with Crippen molar-refractivity contribution >= 4 is 10.8 Å². The van der Waals surface area contributed by atoms with E-state index in [1.807, 2.05) is 24.3 Å². The quantitative estimate of drug-likeness (QED) is 0.250. The molecule has 0 heterocycles. The van der Waals surface area contributed by atoms with Gasteiger partial charge in [0.2, 0.25) is 0 Å². The van der Waals surface area contributed by atoms with Crippen LogP contribution in [0, 0.1) is 29.3 Å².